The molecule has 0 aliphatic carbocycles. The minimum Gasteiger partial charge on any atom is -0.507 e. The molecule has 162 valence electrons. The number of aromatic amines is 1. The van der Waals surface area contributed by atoms with E-state index >= 15 is 0 Å². The van der Waals surface area contributed by atoms with E-state index in [9.17, 15) is 9.90 Å². The van der Waals surface area contributed by atoms with Gasteiger partial charge in [0.2, 0.25) is 4.77 Å². The summed E-state index contributed by atoms with van der Waals surface area (Å²) in [7, 11) is 0. The van der Waals surface area contributed by atoms with E-state index < -0.39 is 0 Å². The van der Waals surface area contributed by atoms with Crippen LogP contribution in [-0.4, -0.2) is 57.0 Å². The van der Waals surface area contributed by atoms with Gasteiger partial charge in [0, 0.05) is 25.2 Å². The second kappa shape index (κ2) is 9.13. The molecule has 1 fully saturated rings. The highest BCUT2D eigenvalue weighted by Gasteiger charge is 2.21. The predicted octanol–water partition coefficient (Wildman–Crippen LogP) is 3.96. The normalized spacial score (nSPS) is 14.8. The summed E-state index contributed by atoms with van der Waals surface area (Å²) in [5.41, 5.74) is 3.07. The van der Waals surface area contributed by atoms with Gasteiger partial charge in [0.15, 0.2) is 5.82 Å². The lowest BCUT2D eigenvalue weighted by Crippen LogP contribution is -2.35. The molecule has 1 saturated heterocycles. The highest BCUT2D eigenvalue weighted by Crippen LogP contribution is 2.31. The van der Waals surface area contributed by atoms with E-state index in [1.54, 1.807) is 12.1 Å². The molecular formula is C23H26N4O3S. The zero-order valence-electron chi connectivity index (χ0n) is 17.7. The molecule has 0 bridgehead atoms. The van der Waals surface area contributed by atoms with Crippen molar-refractivity contribution < 1.29 is 14.6 Å². The Morgan fingerprint density at radius 3 is 2.74 bits per heavy atom. The van der Waals surface area contributed by atoms with Crippen LogP contribution in [0.2, 0.25) is 0 Å². The van der Waals surface area contributed by atoms with Crippen molar-refractivity contribution in [2.24, 2.45) is 0 Å². The maximum absolute atomic E-state index is 13.4. The van der Waals surface area contributed by atoms with Gasteiger partial charge in [-0.3, -0.25) is 14.8 Å². The van der Waals surface area contributed by atoms with Crippen molar-refractivity contribution in [2.45, 2.75) is 26.3 Å². The van der Waals surface area contributed by atoms with Gasteiger partial charge >= 0.3 is 0 Å². The number of phenols is 1. The van der Waals surface area contributed by atoms with E-state index in [1.807, 2.05) is 30.3 Å². The van der Waals surface area contributed by atoms with Crippen LogP contribution in [0, 0.1) is 4.77 Å². The van der Waals surface area contributed by atoms with Crippen LogP contribution in [0.1, 0.15) is 41.3 Å². The Morgan fingerprint density at radius 1 is 1.23 bits per heavy atom. The summed E-state index contributed by atoms with van der Waals surface area (Å²) < 4.78 is 6.95. The minimum absolute atomic E-state index is 0.0496. The molecule has 31 heavy (non-hydrogen) atoms. The number of ether oxygens (including phenoxy) is 1. The Kier molecular flexibility index (Phi) is 6.31. The number of phenolic OH excluding ortho intramolecular Hbond substituents is 1. The Hall–Kier alpha value is -2.81. The number of hydrogen-bond donors (Lipinski definition) is 2. The Labute approximate surface area is 186 Å². The molecule has 2 N–H and O–H groups in total. The monoisotopic (exact) mass is 438 g/mol. The summed E-state index contributed by atoms with van der Waals surface area (Å²) in [4.78, 5) is 15.7. The van der Waals surface area contributed by atoms with Gasteiger partial charge in [0.25, 0.3) is 5.91 Å². The van der Waals surface area contributed by atoms with Gasteiger partial charge in [0.05, 0.1) is 18.8 Å². The van der Waals surface area contributed by atoms with Crippen LogP contribution < -0.4 is 0 Å². The molecule has 1 aromatic heterocycles. The number of carbonyl (C=O) groups excluding carboxylic acids is 1. The number of H-pyrrole nitrogens is 1. The number of rotatable bonds is 5. The van der Waals surface area contributed by atoms with Gasteiger partial charge in [-0.05, 0) is 53.5 Å². The molecule has 2 aromatic carbocycles. The van der Waals surface area contributed by atoms with E-state index in [2.05, 4.69) is 28.9 Å². The molecule has 0 unspecified atom stereocenters. The zero-order chi connectivity index (χ0) is 22.0. The van der Waals surface area contributed by atoms with Crippen molar-refractivity contribution in [3.8, 4) is 17.1 Å². The average Bonchev–Trinajstić information content (AvgIpc) is 3.15. The van der Waals surface area contributed by atoms with E-state index in [0.29, 0.717) is 17.0 Å². The summed E-state index contributed by atoms with van der Waals surface area (Å²) in [6.45, 7) is 8.10. The quantitative estimate of drug-likeness (QED) is 0.587. The summed E-state index contributed by atoms with van der Waals surface area (Å²) in [5, 5.41) is 17.4. The zero-order valence-corrected chi connectivity index (χ0v) is 18.5. The van der Waals surface area contributed by atoms with E-state index in [-0.39, 0.29) is 22.3 Å². The van der Waals surface area contributed by atoms with Crippen LogP contribution >= 0.6 is 12.2 Å². The molecule has 1 aliphatic rings. The number of nitrogens with zero attached hydrogens (tertiary/aromatic N) is 3. The van der Waals surface area contributed by atoms with Gasteiger partial charge in [-0.25, -0.2) is 4.57 Å². The van der Waals surface area contributed by atoms with E-state index in [0.717, 1.165) is 44.0 Å². The number of morpholine rings is 1. The summed E-state index contributed by atoms with van der Waals surface area (Å²) >= 11 is 5.36. The second-order valence-electron chi connectivity index (χ2n) is 8.01. The first-order valence-electron chi connectivity index (χ1n) is 10.4. The second-order valence-corrected chi connectivity index (χ2v) is 8.40. The molecule has 2 heterocycles. The van der Waals surface area contributed by atoms with Crippen molar-refractivity contribution in [1.29, 1.82) is 0 Å². The third-order valence-electron chi connectivity index (χ3n) is 5.49. The van der Waals surface area contributed by atoms with Gasteiger partial charge in [-0.1, -0.05) is 32.0 Å². The maximum Gasteiger partial charge on any atom is 0.265 e. The van der Waals surface area contributed by atoms with Crippen molar-refractivity contribution in [3.63, 3.8) is 0 Å². The third-order valence-corrected chi connectivity index (χ3v) is 5.76. The van der Waals surface area contributed by atoms with Crippen LogP contribution in [0.15, 0.2) is 42.5 Å². The molecule has 4 rings (SSSR count). The molecule has 0 amide bonds. The third kappa shape index (κ3) is 4.61. The number of hydrogen-bond acceptors (Lipinski definition) is 6. The van der Waals surface area contributed by atoms with Crippen molar-refractivity contribution in [3.05, 3.63) is 63.9 Å². The molecule has 3 aromatic rings. The summed E-state index contributed by atoms with van der Waals surface area (Å²) in [5.74, 6) is 0.330. The topological polar surface area (TPSA) is 83.4 Å². The number of aromatic hydroxyl groups is 1. The van der Waals surface area contributed by atoms with Crippen LogP contribution in [0.4, 0.5) is 0 Å². The lowest BCUT2D eigenvalue weighted by atomic mass is 10.00. The number of benzene rings is 2. The number of carbonyl (C=O) groups is 1. The molecule has 7 nitrogen and oxygen atoms in total. The maximum atomic E-state index is 13.4. The van der Waals surface area contributed by atoms with Gasteiger partial charge in [-0.15, -0.1) is 0 Å². The van der Waals surface area contributed by atoms with Crippen LogP contribution in [0.3, 0.4) is 0 Å². The van der Waals surface area contributed by atoms with Crippen LogP contribution in [0.5, 0.6) is 5.75 Å². The highest BCUT2D eigenvalue weighted by atomic mass is 32.1. The fourth-order valence-corrected chi connectivity index (χ4v) is 3.92. The van der Waals surface area contributed by atoms with Gasteiger partial charge < -0.3 is 9.84 Å². The molecule has 0 spiro atoms. The summed E-state index contributed by atoms with van der Waals surface area (Å²) in [6, 6.07) is 12.9. The first-order valence-corrected chi connectivity index (χ1v) is 10.8. The predicted molar refractivity (Wildman–Crippen MR) is 121 cm³/mol. The van der Waals surface area contributed by atoms with Gasteiger partial charge in [-0.2, -0.15) is 5.10 Å². The van der Waals surface area contributed by atoms with Crippen molar-refractivity contribution in [1.82, 2.24) is 19.7 Å². The lowest BCUT2D eigenvalue weighted by Gasteiger charge is -2.26. The van der Waals surface area contributed by atoms with Crippen molar-refractivity contribution in [2.75, 3.05) is 26.3 Å². The molecule has 0 radical (unpaired) electrons. The molecule has 0 saturated carbocycles. The Morgan fingerprint density at radius 2 is 2.00 bits per heavy atom. The average molecular weight is 439 g/mol. The number of nitrogens with one attached hydrogen (secondary N) is 1. The van der Waals surface area contributed by atoms with E-state index in [1.165, 1.54) is 4.57 Å². The lowest BCUT2D eigenvalue weighted by molar-refractivity contribution is 0.0342. The molecule has 1 aliphatic heterocycles. The minimum atomic E-state index is -0.285. The van der Waals surface area contributed by atoms with E-state index in [4.69, 9.17) is 17.0 Å². The SMILES string of the molecule is CC(C)c1ccc(O)c(-c2n[nH]c(=S)n2C(=O)c2cccc(CN3CCOCC3)c2)c1. The number of aromatic nitrogens is 3. The smallest absolute Gasteiger partial charge is 0.265 e. The van der Waals surface area contributed by atoms with Crippen molar-refractivity contribution >= 4 is 18.1 Å². The van der Waals surface area contributed by atoms with Gasteiger partial charge in [0.1, 0.15) is 5.75 Å². The standard InChI is InChI=1S/C23H26N4O3S/c1-15(2)17-6-7-20(28)19(13-17)21-24-25-23(31)27(21)22(29)18-5-3-4-16(12-18)14-26-8-10-30-11-9-26/h3-7,12-13,15,28H,8-11,14H2,1-2H3,(H,25,31). The Balaban J connectivity index is 1.68. The molecular weight excluding hydrogens is 412 g/mol. The van der Waals surface area contributed by atoms with Crippen LogP contribution in [-0.2, 0) is 11.3 Å². The fraction of sp³-hybridized carbons (Fsp3) is 0.348. The summed E-state index contributed by atoms with van der Waals surface area (Å²) in [6.07, 6.45) is 0. The molecule has 0 atom stereocenters. The van der Waals surface area contributed by atoms with Crippen LogP contribution in [0.25, 0.3) is 11.4 Å². The Bertz CT molecular complexity index is 1150. The highest BCUT2D eigenvalue weighted by molar-refractivity contribution is 7.71. The fourth-order valence-electron chi connectivity index (χ4n) is 3.71. The molecule has 8 heteroatoms. The first-order chi connectivity index (χ1) is 14.9. The first kappa shape index (κ1) is 21.4. The largest absolute Gasteiger partial charge is 0.507 e.